The van der Waals surface area contributed by atoms with Gasteiger partial charge in [0.2, 0.25) is 5.91 Å². The van der Waals surface area contributed by atoms with E-state index < -0.39 is 0 Å². The van der Waals surface area contributed by atoms with Crippen molar-refractivity contribution in [3.8, 4) is 0 Å². The number of carbonyl (C=O) groups is 1. The monoisotopic (exact) mass is 318 g/mol. The average molecular weight is 318 g/mol. The van der Waals surface area contributed by atoms with Gasteiger partial charge in [-0.25, -0.2) is 0 Å². The maximum absolute atomic E-state index is 12.8. The number of aromatic nitrogens is 2. The van der Waals surface area contributed by atoms with Crippen LogP contribution in [-0.4, -0.2) is 45.8 Å². The molecule has 0 aliphatic carbocycles. The second-order valence-electron chi connectivity index (χ2n) is 7.67. The van der Waals surface area contributed by atoms with Crippen LogP contribution in [0, 0.1) is 19.8 Å². The summed E-state index contributed by atoms with van der Waals surface area (Å²) >= 11 is 0. The lowest BCUT2D eigenvalue weighted by Crippen LogP contribution is -2.39. The molecule has 2 bridgehead atoms. The van der Waals surface area contributed by atoms with Crippen LogP contribution in [0.2, 0.25) is 0 Å². The van der Waals surface area contributed by atoms with E-state index in [4.69, 9.17) is 0 Å². The van der Waals surface area contributed by atoms with E-state index >= 15 is 0 Å². The van der Waals surface area contributed by atoms with Crippen LogP contribution in [-0.2, 0) is 17.8 Å². The van der Waals surface area contributed by atoms with Crippen molar-refractivity contribution in [2.24, 2.45) is 5.92 Å². The largest absolute Gasteiger partial charge is 0.341 e. The van der Waals surface area contributed by atoms with Crippen molar-refractivity contribution >= 4 is 5.91 Å². The zero-order valence-electron chi connectivity index (χ0n) is 14.9. The first-order valence-corrected chi connectivity index (χ1v) is 9.00. The molecule has 0 radical (unpaired) electrons. The molecule has 1 aromatic heterocycles. The molecular weight excluding hydrogens is 288 g/mol. The van der Waals surface area contributed by atoms with Gasteiger partial charge in [0, 0.05) is 43.0 Å². The third-order valence-electron chi connectivity index (χ3n) is 5.27. The Morgan fingerprint density at radius 1 is 1.26 bits per heavy atom. The summed E-state index contributed by atoms with van der Waals surface area (Å²) in [5.74, 6) is 0.818. The number of aryl methyl sites for hydroxylation is 1. The van der Waals surface area contributed by atoms with Crippen LogP contribution in [0.4, 0.5) is 0 Å². The Bertz CT molecular complexity index is 578. The topological polar surface area (TPSA) is 50.2 Å². The molecule has 3 rings (SSSR count). The number of carbonyl (C=O) groups excluding carboxylic acids is 1. The number of rotatable bonds is 4. The molecule has 0 aromatic carbocycles. The first-order valence-electron chi connectivity index (χ1n) is 9.00. The van der Waals surface area contributed by atoms with Crippen LogP contribution in [0.25, 0.3) is 0 Å². The van der Waals surface area contributed by atoms with E-state index in [2.05, 4.69) is 40.8 Å². The number of amides is 1. The van der Waals surface area contributed by atoms with Crippen molar-refractivity contribution in [2.45, 2.75) is 72.0 Å². The first-order chi connectivity index (χ1) is 10.9. The minimum atomic E-state index is 0.259. The number of hydrogen-bond acceptors (Lipinski definition) is 3. The molecule has 5 nitrogen and oxygen atoms in total. The van der Waals surface area contributed by atoms with Gasteiger partial charge >= 0.3 is 0 Å². The fraction of sp³-hybridized carbons (Fsp3) is 0.778. The number of nitrogens with zero attached hydrogens (tertiary/aromatic N) is 3. The van der Waals surface area contributed by atoms with Gasteiger partial charge in [-0.1, -0.05) is 13.8 Å². The van der Waals surface area contributed by atoms with Gasteiger partial charge in [0.05, 0.1) is 12.1 Å². The molecule has 0 spiro atoms. The van der Waals surface area contributed by atoms with Gasteiger partial charge in [-0.2, -0.15) is 5.10 Å². The zero-order valence-corrected chi connectivity index (χ0v) is 14.9. The van der Waals surface area contributed by atoms with Crippen LogP contribution < -0.4 is 5.32 Å². The lowest BCUT2D eigenvalue weighted by Gasteiger charge is -2.24. The fourth-order valence-corrected chi connectivity index (χ4v) is 3.95. The Morgan fingerprint density at radius 3 is 2.74 bits per heavy atom. The predicted molar refractivity (Wildman–Crippen MR) is 91.4 cm³/mol. The van der Waals surface area contributed by atoms with E-state index in [9.17, 15) is 4.79 Å². The summed E-state index contributed by atoms with van der Waals surface area (Å²) in [7, 11) is 0. The van der Waals surface area contributed by atoms with Gasteiger partial charge in [0.25, 0.3) is 0 Å². The molecule has 128 valence electrons. The van der Waals surface area contributed by atoms with Crippen LogP contribution in [0.5, 0.6) is 0 Å². The molecule has 1 N–H and O–H groups in total. The third-order valence-corrected chi connectivity index (χ3v) is 5.27. The molecule has 3 heterocycles. The van der Waals surface area contributed by atoms with Crippen molar-refractivity contribution in [2.75, 3.05) is 13.1 Å². The van der Waals surface area contributed by atoms with Gasteiger partial charge in [-0.3, -0.25) is 9.48 Å². The summed E-state index contributed by atoms with van der Waals surface area (Å²) < 4.78 is 2.06. The smallest absolute Gasteiger partial charge is 0.227 e. The lowest BCUT2D eigenvalue weighted by atomic mass is 10.1. The fourth-order valence-electron chi connectivity index (χ4n) is 3.95. The Labute approximate surface area is 139 Å². The highest BCUT2D eigenvalue weighted by Crippen LogP contribution is 2.22. The number of fused-ring (bicyclic) bond motifs is 2. The number of hydrogen-bond donors (Lipinski definition) is 1. The number of likely N-dealkylation sites (tertiary alicyclic amines) is 1. The Kier molecular flexibility index (Phi) is 4.76. The quantitative estimate of drug-likeness (QED) is 0.924. The molecule has 2 aliphatic heterocycles. The Morgan fingerprint density at radius 2 is 2.00 bits per heavy atom. The van der Waals surface area contributed by atoms with Crippen molar-refractivity contribution < 1.29 is 4.79 Å². The van der Waals surface area contributed by atoms with E-state index in [0.29, 0.717) is 24.4 Å². The third kappa shape index (κ3) is 3.60. The van der Waals surface area contributed by atoms with E-state index in [1.54, 1.807) is 0 Å². The molecule has 1 amide bonds. The van der Waals surface area contributed by atoms with Crippen molar-refractivity contribution in [1.29, 1.82) is 0 Å². The molecule has 2 aliphatic rings. The van der Waals surface area contributed by atoms with E-state index in [0.717, 1.165) is 43.0 Å². The highest BCUT2D eigenvalue weighted by atomic mass is 16.2. The van der Waals surface area contributed by atoms with Gasteiger partial charge < -0.3 is 10.2 Å². The van der Waals surface area contributed by atoms with Crippen LogP contribution in [0.1, 0.15) is 50.1 Å². The van der Waals surface area contributed by atoms with Gasteiger partial charge in [-0.15, -0.1) is 0 Å². The summed E-state index contributed by atoms with van der Waals surface area (Å²) in [6.07, 6.45) is 4.06. The minimum absolute atomic E-state index is 0.259. The van der Waals surface area contributed by atoms with E-state index in [-0.39, 0.29) is 5.91 Å². The van der Waals surface area contributed by atoms with Gasteiger partial charge in [0.15, 0.2) is 0 Å². The molecule has 2 unspecified atom stereocenters. The molecule has 23 heavy (non-hydrogen) atoms. The zero-order chi connectivity index (χ0) is 16.6. The molecule has 2 atom stereocenters. The molecule has 0 saturated carbocycles. The van der Waals surface area contributed by atoms with Crippen LogP contribution >= 0.6 is 0 Å². The average Bonchev–Trinajstić information content (AvgIpc) is 2.92. The normalized spacial score (nSPS) is 24.3. The summed E-state index contributed by atoms with van der Waals surface area (Å²) in [5, 5.41) is 8.28. The molecule has 2 fully saturated rings. The van der Waals surface area contributed by atoms with E-state index in [1.807, 2.05) is 6.92 Å². The Balaban J connectivity index is 1.69. The highest BCUT2D eigenvalue weighted by Gasteiger charge is 2.31. The molecule has 1 aromatic rings. The first kappa shape index (κ1) is 16.5. The second kappa shape index (κ2) is 6.63. The minimum Gasteiger partial charge on any atom is -0.341 e. The molecule has 2 saturated heterocycles. The summed E-state index contributed by atoms with van der Waals surface area (Å²) in [5.41, 5.74) is 3.28. The summed E-state index contributed by atoms with van der Waals surface area (Å²) in [6, 6.07) is 1.12. The van der Waals surface area contributed by atoms with Gasteiger partial charge in [-0.05, 0) is 39.0 Å². The SMILES string of the molecule is Cc1nn(CC(C)C)c(C)c1CC(=O)N1CCC2CCC(C1)N2. The van der Waals surface area contributed by atoms with Crippen LogP contribution in [0.15, 0.2) is 0 Å². The van der Waals surface area contributed by atoms with Crippen molar-refractivity contribution in [3.05, 3.63) is 17.0 Å². The van der Waals surface area contributed by atoms with Crippen molar-refractivity contribution in [1.82, 2.24) is 20.0 Å². The van der Waals surface area contributed by atoms with E-state index in [1.165, 1.54) is 12.8 Å². The maximum Gasteiger partial charge on any atom is 0.227 e. The molecule has 5 heteroatoms. The highest BCUT2D eigenvalue weighted by molar-refractivity contribution is 5.79. The summed E-state index contributed by atoms with van der Waals surface area (Å²) in [4.78, 5) is 14.9. The lowest BCUT2D eigenvalue weighted by molar-refractivity contribution is -0.130. The second-order valence-corrected chi connectivity index (χ2v) is 7.67. The van der Waals surface area contributed by atoms with Crippen LogP contribution in [0.3, 0.4) is 0 Å². The summed E-state index contributed by atoms with van der Waals surface area (Å²) in [6.45, 7) is 11.2. The van der Waals surface area contributed by atoms with Gasteiger partial charge in [0.1, 0.15) is 0 Å². The maximum atomic E-state index is 12.8. The standard InChI is InChI=1S/C18H30N4O/c1-12(2)10-22-14(4)17(13(3)20-22)9-18(23)21-8-7-15-5-6-16(11-21)19-15/h12,15-16,19H,5-11H2,1-4H3. The Hall–Kier alpha value is -1.36. The predicted octanol–water partition coefficient (Wildman–Crippen LogP) is 2.05. The molecular formula is C18H30N4O. The number of nitrogens with one attached hydrogen (secondary N) is 1. The van der Waals surface area contributed by atoms with Crippen molar-refractivity contribution in [3.63, 3.8) is 0 Å².